The van der Waals surface area contributed by atoms with E-state index in [4.69, 9.17) is 10.5 Å². The van der Waals surface area contributed by atoms with Gasteiger partial charge in [-0.2, -0.15) is 5.10 Å². The molecule has 1 fully saturated rings. The van der Waals surface area contributed by atoms with Gasteiger partial charge in [-0.25, -0.2) is 9.50 Å². The summed E-state index contributed by atoms with van der Waals surface area (Å²) in [6.45, 7) is 1.25. The summed E-state index contributed by atoms with van der Waals surface area (Å²) in [5, 5.41) is 33.4. The van der Waals surface area contributed by atoms with Crippen LogP contribution in [0, 0.1) is 0 Å². The Morgan fingerprint density at radius 2 is 2.20 bits per heavy atom. The summed E-state index contributed by atoms with van der Waals surface area (Å²) in [4.78, 5) is 3.89. The summed E-state index contributed by atoms with van der Waals surface area (Å²) >= 11 is 0. The van der Waals surface area contributed by atoms with Gasteiger partial charge >= 0.3 is 0 Å². The highest BCUT2D eigenvalue weighted by atomic mass is 16.6. The zero-order valence-electron chi connectivity index (χ0n) is 10.8. The Morgan fingerprint density at radius 1 is 1.45 bits per heavy atom. The number of nitrogens with zero attached hydrogens (tertiary/aromatic N) is 3. The van der Waals surface area contributed by atoms with Crippen LogP contribution < -0.4 is 5.73 Å². The molecule has 0 bridgehead atoms. The molecule has 108 valence electrons. The molecule has 0 spiro atoms. The predicted molar refractivity (Wildman–Crippen MR) is 68.7 cm³/mol. The topological polar surface area (TPSA) is 126 Å². The molecule has 0 saturated carbocycles. The van der Waals surface area contributed by atoms with Gasteiger partial charge in [-0.05, 0) is 19.1 Å². The highest BCUT2D eigenvalue weighted by Crippen LogP contribution is 2.40. The lowest BCUT2D eigenvalue weighted by atomic mass is 9.93. The van der Waals surface area contributed by atoms with Gasteiger partial charge in [0, 0.05) is 0 Å². The van der Waals surface area contributed by atoms with Crippen LogP contribution in [0.5, 0.6) is 0 Å². The van der Waals surface area contributed by atoms with Gasteiger partial charge in [0.25, 0.3) is 0 Å². The maximum Gasteiger partial charge on any atom is 0.151 e. The average molecular weight is 280 g/mol. The molecular weight excluding hydrogens is 264 g/mol. The number of aliphatic hydroxyl groups is 3. The highest BCUT2D eigenvalue weighted by molar-refractivity contribution is 5.65. The van der Waals surface area contributed by atoms with Gasteiger partial charge in [0.15, 0.2) is 5.82 Å². The Kier molecular flexibility index (Phi) is 2.91. The lowest BCUT2D eigenvalue weighted by molar-refractivity contribution is -0.0890. The van der Waals surface area contributed by atoms with E-state index in [0.717, 1.165) is 0 Å². The van der Waals surface area contributed by atoms with Crippen LogP contribution in [0.4, 0.5) is 5.82 Å². The third-order valence-corrected chi connectivity index (χ3v) is 3.84. The second-order valence-electron chi connectivity index (χ2n) is 5.04. The Bertz CT molecular complexity index is 645. The number of fused-ring (bicyclic) bond motifs is 1. The quantitative estimate of drug-likeness (QED) is 0.535. The molecule has 2 aromatic rings. The fraction of sp³-hybridized carbons (Fsp3) is 0.500. The van der Waals surface area contributed by atoms with E-state index in [9.17, 15) is 15.3 Å². The van der Waals surface area contributed by atoms with Crippen molar-refractivity contribution >= 4 is 11.3 Å². The molecule has 4 atom stereocenters. The number of hydrogen-bond acceptors (Lipinski definition) is 7. The third kappa shape index (κ3) is 1.63. The number of nitrogen functional groups attached to an aromatic ring is 1. The number of nitrogens with two attached hydrogens (primary N) is 1. The first-order chi connectivity index (χ1) is 9.49. The van der Waals surface area contributed by atoms with Crippen LogP contribution in [0.15, 0.2) is 18.5 Å². The van der Waals surface area contributed by atoms with Gasteiger partial charge in [0.2, 0.25) is 0 Å². The molecule has 3 heterocycles. The van der Waals surface area contributed by atoms with Crippen molar-refractivity contribution in [3.8, 4) is 0 Å². The number of ether oxygens (including phenoxy) is 1. The van der Waals surface area contributed by atoms with Crippen molar-refractivity contribution in [1.82, 2.24) is 14.6 Å². The van der Waals surface area contributed by atoms with Crippen LogP contribution in [0.1, 0.15) is 12.6 Å². The van der Waals surface area contributed by atoms with Gasteiger partial charge in [0.05, 0.1) is 12.3 Å². The molecule has 0 radical (unpaired) electrons. The van der Waals surface area contributed by atoms with Crippen LogP contribution in [-0.2, 0) is 10.3 Å². The van der Waals surface area contributed by atoms with E-state index in [-0.39, 0.29) is 6.61 Å². The first kappa shape index (κ1) is 13.3. The lowest BCUT2D eigenvalue weighted by Gasteiger charge is -2.27. The third-order valence-electron chi connectivity index (χ3n) is 3.84. The number of rotatable bonds is 2. The summed E-state index contributed by atoms with van der Waals surface area (Å²) in [6.07, 6.45) is -1.90. The van der Waals surface area contributed by atoms with Gasteiger partial charge in [-0.1, -0.05) is 0 Å². The number of aliphatic hydroxyl groups excluding tert-OH is 3. The van der Waals surface area contributed by atoms with Crippen molar-refractivity contribution < 1.29 is 20.1 Å². The summed E-state index contributed by atoms with van der Waals surface area (Å²) in [6, 6.07) is 3.42. The fourth-order valence-electron chi connectivity index (χ4n) is 2.67. The molecule has 8 heteroatoms. The number of hydrogen-bond donors (Lipinski definition) is 4. The molecule has 0 aliphatic carbocycles. The van der Waals surface area contributed by atoms with Crippen molar-refractivity contribution in [2.24, 2.45) is 0 Å². The highest BCUT2D eigenvalue weighted by Gasteiger charge is 2.53. The second kappa shape index (κ2) is 4.38. The van der Waals surface area contributed by atoms with Crippen LogP contribution in [0.2, 0.25) is 0 Å². The van der Waals surface area contributed by atoms with Crippen molar-refractivity contribution in [2.75, 3.05) is 12.3 Å². The van der Waals surface area contributed by atoms with Gasteiger partial charge in [-0.15, -0.1) is 0 Å². The van der Waals surface area contributed by atoms with Crippen molar-refractivity contribution in [3.05, 3.63) is 24.2 Å². The average Bonchev–Trinajstić information content (AvgIpc) is 2.96. The van der Waals surface area contributed by atoms with E-state index in [1.54, 1.807) is 19.1 Å². The molecular formula is C12H16N4O4. The monoisotopic (exact) mass is 280 g/mol. The van der Waals surface area contributed by atoms with Crippen LogP contribution in [-0.4, -0.2) is 54.8 Å². The Hall–Kier alpha value is -1.74. The Morgan fingerprint density at radius 3 is 2.85 bits per heavy atom. The summed E-state index contributed by atoms with van der Waals surface area (Å²) in [7, 11) is 0. The first-order valence-electron chi connectivity index (χ1n) is 6.22. The number of aromatic nitrogens is 3. The minimum Gasteiger partial charge on any atom is -0.394 e. The molecule has 1 unspecified atom stereocenters. The van der Waals surface area contributed by atoms with Crippen LogP contribution in [0.25, 0.3) is 5.52 Å². The fourth-order valence-corrected chi connectivity index (χ4v) is 2.67. The van der Waals surface area contributed by atoms with E-state index < -0.39 is 23.9 Å². The molecule has 1 aliphatic heterocycles. The van der Waals surface area contributed by atoms with Gasteiger partial charge in [0.1, 0.15) is 35.8 Å². The van der Waals surface area contributed by atoms with E-state index in [1.807, 2.05) is 0 Å². The van der Waals surface area contributed by atoms with Crippen molar-refractivity contribution in [2.45, 2.75) is 30.8 Å². The van der Waals surface area contributed by atoms with Gasteiger partial charge < -0.3 is 25.8 Å². The molecule has 0 amide bonds. The summed E-state index contributed by atoms with van der Waals surface area (Å²) in [5.74, 6) is 0.307. The van der Waals surface area contributed by atoms with E-state index >= 15 is 0 Å². The smallest absolute Gasteiger partial charge is 0.151 e. The van der Waals surface area contributed by atoms with Crippen LogP contribution >= 0.6 is 0 Å². The Labute approximate surface area is 114 Å². The molecule has 20 heavy (non-hydrogen) atoms. The normalized spacial score (nSPS) is 33.9. The zero-order valence-corrected chi connectivity index (χ0v) is 10.8. The maximum atomic E-state index is 10.2. The van der Waals surface area contributed by atoms with E-state index in [2.05, 4.69) is 10.1 Å². The molecule has 3 rings (SSSR count). The first-order valence-corrected chi connectivity index (χ1v) is 6.22. The zero-order chi connectivity index (χ0) is 14.5. The predicted octanol–water partition coefficient (Wildman–Crippen LogP) is -1.36. The van der Waals surface area contributed by atoms with Crippen molar-refractivity contribution in [3.63, 3.8) is 0 Å². The molecule has 1 aliphatic rings. The second-order valence-corrected chi connectivity index (χ2v) is 5.04. The van der Waals surface area contributed by atoms with Gasteiger partial charge in [-0.3, -0.25) is 0 Å². The largest absolute Gasteiger partial charge is 0.394 e. The standard InChI is InChI=1S/C12H16N4O4/c1-12(10(19)9(18)7(4-17)20-12)8-3-2-6-11(13)14-5-15-16(6)8/h2-3,5,7,9-10,17-19H,4H2,1H3,(H2,13,14,15)/t7-,9?,10+,12-/m1/s1. The van der Waals surface area contributed by atoms with Crippen LogP contribution in [0.3, 0.4) is 0 Å². The minimum absolute atomic E-state index is 0.307. The lowest BCUT2D eigenvalue weighted by Crippen LogP contribution is -2.39. The van der Waals surface area contributed by atoms with Crippen molar-refractivity contribution in [1.29, 1.82) is 0 Å². The summed E-state index contributed by atoms with van der Waals surface area (Å²) in [5.41, 5.74) is 5.68. The Balaban J connectivity index is 2.13. The molecule has 5 N–H and O–H groups in total. The molecule has 8 nitrogen and oxygen atoms in total. The molecule has 2 aromatic heterocycles. The van der Waals surface area contributed by atoms with E-state index in [1.165, 1.54) is 10.8 Å². The SMILES string of the molecule is C[C@]1(c2ccc3c(N)ncnn23)O[C@H](CO)C(O)[C@@H]1O. The molecule has 1 saturated heterocycles. The minimum atomic E-state index is -1.19. The molecule has 0 aromatic carbocycles. The number of anilines is 1. The van der Waals surface area contributed by atoms with E-state index in [0.29, 0.717) is 17.0 Å². The summed E-state index contributed by atoms with van der Waals surface area (Å²) < 4.78 is 7.15. The maximum absolute atomic E-state index is 10.2.